The van der Waals surface area contributed by atoms with Crippen molar-refractivity contribution in [2.75, 3.05) is 13.2 Å². The van der Waals surface area contributed by atoms with Gasteiger partial charge in [-0.3, -0.25) is 19.2 Å². The predicted molar refractivity (Wildman–Crippen MR) is 110 cm³/mol. The molecule has 0 radical (unpaired) electrons. The molecule has 0 N–H and O–H groups in total. The third-order valence-corrected chi connectivity index (χ3v) is 8.58. The van der Waals surface area contributed by atoms with Gasteiger partial charge in [0.1, 0.15) is 24.4 Å². The Morgan fingerprint density at radius 2 is 1.91 bits per heavy atom. The number of fused-ring (bicyclic) bond motifs is 2. The molecular weight excluding hydrogens is 416 g/mol. The van der Waals surface area contributed by atoms with Gasteiger partial charge in [-0.05, 0) is 49.5 Å². The second-order valence-corrected chi connectivity index (χ2v) is 10.2. The van der Waals surface area contributed by atoms with Crippen LogP contribution in [0.4, 0.5) is 0 Å². The van der Waals surface area contributed by atoms with E-state index < -0.39 is 52.1 Å². The summed E-state index contributed by atoms with van der Waals surface area (Å²) >= 11 is 0. The van der Waals surface area contributed by atoms with Crippen molar-refractivity contribution in [1.29, 1.82) is 0 Å². The van der Waals surface area contributed by atoms with E-state index in [0.29, 0.717) is 37.7 Å². The summed E-state index contributed by atoms with van der Waals surface area (Å²) < 4.78 is 16.8. The minimum Gasteiger partial charge on any atom is -0.465 e. The van der Waals surface area contributed by atoms with Gasteiger partial charge in [-0.15, -0.1) is 0 Å². The normalized spacial score (nSPS) is 42.8. The van der Waals surface area contributed by atoms with E-state index in [1.54, 1.807) is 0 Å². The Bertz CT molecular complexity index is 908. The lowest BCUT2D eigenvalue weighted by molar-refractivity contribution is -0.243. The van der Waals surface area contributed by atoms with Gasteiger partial charge in [0.05, 0.1) is 12.0 Å². The number of ketones is 1. The van der Waals surface area contributed by atoms with Gasteiger partial charge in [0.25, 0.3) is 0 Å². The molecule has 4 rings (SSSR count). The molecule has 1 saturated heterocycles. The summed E-state index contributed by atoms with van der Waals surface area (Å²) in [5, 5.41) is 0. The number of hydrogen-bond acceptors (Lipinski definition) is 8. The molecule has 8 heteroatoms. The summed E-state index contributed by atoms with van der Waals surface area (Å²) in [4.78, 5) is 62.9. The Balaban J connectivity index is 1.87. The van der Waals surface area contributed by atoms with Crippen molar-refractivity contribution in [3.63, 3.8) is 0 Å². The Labute approximate surface area is 187 Å². The minimum atomic E-state index is -1.41. The topological polar surface area (TPSA) is 113 Å². The van der Waals surface area contributed by atoms with E-state index in [4.69, 9.17) is 14.2 Å². The van der Waals surface area contributed by atoms with Crippen LogP contribution in [-0.2, 0) is 38.2 Å². The standard InChI is InChI=1S/C24H30O8/c1-13-16-5-6-17-23(9-16,20(13)28)21(29)31-12-24(17)18(10-25)22(4,11-30-14(2)26)8-7-19(24)32-15(3)27/h10,16-19H,1,5-9,11-12H2,2-4H3/t16-,17-,18-,19+,22+,23+,24+/m1/s1. The Kier molecular flexibility index (Phi) is 5.33. The van der Waals surface area contributed by atoms with Crippen molar-refractivity contribution >= 4 is 30.0 Å². The molecule has 2 bridgehead atoms. The Hall–Kier alpha value is -2.51. The van der Waals surface area contributed by atoms with Gasteiger partial charge < -0.3 is 19.0 Å². The van der Waals surface area contributed by atoms with E-state index in [1.165, 1.54) is 13.8 Å². The fraction of sp³-hybridized carbons (Fsp3) is 0.708. The van der Waals surface area contributed by atoms with Gasteiger partial charge in [-0.1, -0.05) is 13.5 Å². The lowest BCUT2D eigenvalue weighted by atomic mass is 9.44. The number of ether oxygens (including phenoxy) is 3. The summed E-state index contributed by atoms with van der Waals surface area (Å²) in [6.07, 6.45) is 2.50. The molecule has 0 aromatic heterocycles. The van der Waals surface area contributed by atoms with E-state index >= 15 is 0 Å². The zero-order valence-corrected chi connectivity index (χ0v) is 18.8. The third kappa shape index (κ3) is 2.90. The van der Waals surface area contributed by atoms with E-state index in [2.05, 4.69) is 6.58 Å². The molecule has 4 fully saturated rings. The maximum Gasteiger partial charge on any atom is 0.320 e. The van der Waals surface area contributed by atoms with Gasteiger partial charge in [0.15, 0.2) is 5.78 Å². The van der Waals surface area contributed by atoms with Crippen LogP contribution in [0.2, 0.25) is 0 Å². The fourth-order valence-electron chi connectivity index (χ4n) is 7.18. The summed E-state index contributed by atoms with van der Waals surface area (Å²) in [7, 11) is 0. The van der Waals surface area contributed by atoms with Crippen LogP contribution in [0.1, 0.15) is 52.9 Å². The highest BCUT2D eigenvalue weighted by Crippen LogP contribution is 2.68. The second kappa shape index (κ2) is 7.52. The van der Waals surface area contributed by atoms with Crippen LogP contribution in [0.3, 0.4) is 0 Å². The number of hydrogen-bond donors (Lipinski definition) is 0. The molecule has 2 spiro atoms. The zero-order valence-electron chi connectivity index (χ0n) is 18.8. The number of carbonyl (C=O) groups is 5. The minimum absolute atomic E-state index is 0.0111. The van der Waals surface area contributed by atoms with Crippen LogP contribution in [0.15, 0.2) is 12.2 Å². The zero-order chi connectivity index (χ0) is 23.5. The van der Waals surface area contributed by atoms with Gasteiger partial charge in [-0.25, -0.2) is 0 Å². The first-order chi connectivity index (χ1) is 15.0. The van der Waals surface area contributed by atoms with Gasteiger partial charge in [0.2, 0.25) is 0 Å². The van der Waals surface area contributed by atoms with Crippen molar-refractivity contribution in [1.82, 2.24) is 0 Å². The Morgan fingerprint density at radius 3 is 2.53 bits per heavy atom. The summed E-state index contributed by atoms with van der Waals surface area (Å²) in [5.41, 5.74) is -2.81. The number of cyclic esters (lactones) is 1. The van der Waals surface area contributed by atoms with Crippen molar-refractivity contribution in [2.45, 2.75) is 59.0 Å². The molecule has 7 atom stereocenters. The first-order valence-corrected chi connectivity index (χ1v) is 11.2. The average molecular weight is 446 g/mol. The van der Waals surface area contributed by atoms with Crippen LogP contribution in [0, 0.1) is 34.0 Å². The second-order valence-electron chi connectivity index (χ2n) is 10.2. The summed E-state index contributed by atoms with van der Waals surface area (Å²) in [6, 6.07) is 0. The first kappa shape index (κ1) is 22.7. The smallest absolute Gasteiger partial charge is 0.320 e. The van der Waals surface area contributed by atoms with Crippen LogP contribution in [-0.4, -0.2) is 49.3 Å². The molecule has 0 aromatic carbocycles. The molecule has 8 nitrogen and oxygen atoms in total. The van der Waals surface area contributed by atoms with E-state index in [0.717, 1.165) is 6.29 Å². The summed E-state index contributed by atoms with van der Waals surface area (Å²) in [6.45, 7) is 8.31. The van der Waals surface area contributed by atoms with Crippen LogP contribution < -0.4 is 0 Å². The number of rotatable bonds is 4. The quantitative estimate of drug-likeness (QED) is 0.212. The predicted octanol–water partition coefficient (Wildman–Crippen LogP) is 2.18. The largest absolute Gasteiger partial charge is 0.465 e. The maximum absolute atomic E-state index is 13.4. The number of Topliss-reactive ketones (excluding diaryl/α,β-unsaturated/α-hetero) is 1. The van der Waals surface area contributed by atoms with Crippen molar-refractivity contribution in [3.05, 3.63) is 12.2 Å². The molecule has 0 amide bonds. The van der Waals surface area contributed by atoms with Gasteiger partial charge >= 0.3 is 17.9 Å². The molecular formula is C24H30O8. The molecule has 3 saturated carbocycles. The highest BCUT2D eigenvalue weighted by molar-refractivity contribution is 6.15. The number of esters is 3. The highest BCUT2D eigenvalue weighted by atomic mass is 16.6. The monoisotopic (exact) mass is 446 g/mol. The van der Waals surface area contributed by atoms with E-state index in [-0.39, 0.29) is 24.9 Å². The molecule has 0 unspecified atom stereocenters. The SMILES string of the molecule is C=C1C(=O)[C@]23C[C@H]1CC[C@H]2[C@]1(COC3=O)[C@@H](OC(C)=O)CC[C@@](C)(COC(C)=O)[C@H]1C=O. The summed E-state index contributed by atoms with van der Waals surface area (Å²) in [5.74, 6) is -3.20. The third-order valence-electron chi connectivity index (χ3n) is 8.58. The molecule has 32 heavy (non-hydrogen) atoms. The Morgan fingerprint density at radius 1 is 1.19 bits per heavy atom. The number of carbonyl (C=O) groups excluding carboxylic acids is 5. The van der Waals surface area contributed by atoms with E-state index in [9.17, 15) is 24.0 Å². The van der Waals surface area contributed by atoms with Crippen LogP contribution >= 0.6 is 0 Å². The molecule has 1 heterocycles. The van der Waals surface area contributed by atoms with Crippen LogP contribution in [0.25, 0.3) is 0 Å². The van der Waals surface area contributed by atoms with E-state index in [1.807, 2.05) is 6.92 Å². The van der Waals surface area contributed by atoms with Crippen molar-refractivity contribution < 1.29 is 38.2 Å². The number of aldehydes is 1. The number of allylic oxidation sites excluding steroid dienone is 1. The molecule has 4 aliphatic rings. The molecule has 3 aliphatic carbocycles. The lowest BCUT2D eigenvalue weighted by Gasteiger charge is -2.62. The fourth-order valence-corrected chi connectivity index (χ4v) is 7.18. The molecule has 174 valence electrons. The first-order valence-electron chi connectivity index (χ1n) is 11.2. The van der Waals surface area contributed by atoms with Crippen molar-refractivity contribution in [3.8, 4) is 0 Å². The lowest BCUT2D eigenvalue weighted by Crippen LogP contribution is -2.69. The van der Waals surface area contributed by atoms with Crippen LogP contribution in [0.5, 0.6) is 0 Å². The molecule has 1 aliphatic heterocycles. The van der Waals surface area contributed by atoms with Gasteiger partial charge in [-0.2, -0.15) is 0 Å². The van der Waals surface area contributed by atoms with Gasteiger partial charge in [0, 0.05) is 25.2 Å². The highest BCUT2D eigenvalue weighted by Gasteiger charge is 2.75. The molecule has 0 aromatic rings. The van der Waals surface area contributed by atoms with Crippen molar-refractivity contribution in [2.24, 2.45) is 34.0 Å². The average Bonchev–Trinajstić information content (AvgIpc) is 2.93. The maximum atomic E-state index is 13.4.